The lowest BCUT2D eigenvalue weighted by Crippen LogP contribution is -2.46. The fourth-order valence-corrected chi connectivity index (χ4v) is 5.62. The Balaban J connectivity index is 1.19. The first-order valence-corrected chi connectivity index (χ1v) is 15.5. The molecule has 0 radical (unpaired) electrons. The number of fused-ring (bicyclic) bond motifs is 2. The summed E-state index contributed by atoms with van der Waals surface area (Å²) in [4.78, 5) is 26.9. The number of hydrogen-bond acceptors (Lipinski definition) is 8. The summed E-state index contributed by atoms with van der Waals surface area (Å²) in [5.41, 5.74) is 9.47. The van der Waals surface area contributed by atoms with Gasteiger partial charge in [0.1, 0.15) is 24.7 Å². The number of alkyl halides is 3. The molecular weight excluding hydrogens is 641 g/mol. The van der Waals surface area contributed by atoms with Crippen LogP contribution in [-0.4, -0.2) is 80.7 Å². The third kappa shape index (κ3) is 8.68. The number of hydrogen-bond donors (Lipinski definition) is 5. The van der Waals surface area contributed by atoms with Crippen LogP contribution in [0.3, 0.4) is 0 Å². The molecule has 1 unspecified atom stereocenters. The Morgan fingerprint density at radius 3 is 2.73 bits per heavy atom. The van der Waals surface area contributed by atoms with Crippen LogP contribution in [-0.2, 0) is 17.8 Å². The zero-order valence-corrected chi connectivity index (χ0v) is 27.0. The zero-order valence-electron chi connectivity index (χ0n) is 27.0. The van der Waals surface area contributed by atoms with E-state index in [1.54, 1.807) is 43.4 Å². The number of halogens is 3. The van der Waals surface area contributed by atoms with Gasteiger partial charge in [-0.2, -0.15) is 13.2 Å². The van der Waals surface area contributed by atoms with Gasteiger partial charge in [0, 0.05) is 35.4 Å². The average molecular weight is 679 g/mol. The quantitative estimate of drug-likeness (QED) is 0.0975. The number of rotatable bonds is 10. The predicted octanol–water partition coefficient (Wildman–Crippen LogP) is 3.54. The standard InChI is InChI=1S/C35H37F3N6O5/c1-43-19-33(46)42-24(20-45)15-22-8-10-26(18-31(22)43)49-14-13-41-34(47)23-9-11-32(48-2)29(16-23)40-12-4-5-25-17-27-28(39)6-3-7-30(27)44(25)21-35(36,37)38/h3,6-11,16-18,24,40,45H,12-15,19-21,39H2,1-2H3,(H,41,47)(H,42,46). The minimum atomic E-state index is -4.45. The first-order valence-electron chi connectivity index (χ1n) is 15.5. The highest BCUT2D eigenvalue weighted by Crippen LogP contribution is 2.30. The van der Waals surface area contributed by atoms with Crippen LogP contribution in [0.15, 0.2) is 60.7 Å². The molecule has 3 aromatic carbocycles. The molecule has 0 bridgehead atoms. The van der Waals surface area contributed by atoms with E-state index in [0.717, 1.165) is 15.8 Å². The maximum Gasteiger partial charge on any atom is 0.406 e. The van der Waals surface area contributed by atoms with E-state index >= 15 is 0 Å². The fraction of sp³-hybridized carbons (Fsp3) is 0.314. The summed E-state index contributed by atoms with van der Waals surface area (Å²) in [6.45, 7) is -0.788. The monoisotopic (exact) mass is 678 g/mol. The second-order valence-corrected chi connectivity index (χ2v) is 11.5. The summed E-state index contributed by atoms with van der Waals surface area (Å²) in [6, 6.07) is 16.3. The van der Waals surface area contributed by atoms with E-state index in [2.05, 4.69) is 27.8 Å². The number of nitrogens with two attached hydrogens (primary N) is 1. The first-order chi connectivity index (χ1) is 23.5. The number of methoxy groups -OCH3 is 1. The van der Waals surface area contributed by atoms with E-state index in [0.29, 0.717) is 45.8 Å². The van der Waals surface area contributed by atoms with Gasteiger partial charge in [-0.05, 0) is 60.4 Å². The van der Waals surface area contributed by atoms with Crippen LogP contribution in [0.25, 0.3) is 10.9 Å². The Hall–Kier alpha value is -5.55. The number of nitrogens with one attached hydrogen (secondary N) is 3. The van der Waals surface area contributed by atoms with Gasteiger partial charge in [-0.3, -0.25) is 9.59 Å². The largest absolute Gasteiger partial charge is 0.495 e. The number of nitrogen functional groups attached to an aromatic ring is 1. The number of nitrogens with zero attached hydrogens (tertiary/aromatic N) is 2. The molecule has 0 spiro atoms. The average Bonchev–Trinajstić information content (AvgIpc) is 3.40. The van der Waals surface area contributed by atoms with E-state index in [4.69, 9.17) is 15.2 Å². The number of carbonyl (C=O) groups is 2. The highest BCUT2D eigenvalue weighted by atomic mass is 19.4. The molecule has 0 aliphatic carbocycles. The molecular formula is C35H37F3N6O5. The van der Waals surface area contributed by atoms with Crippen LogP contribution >= 0.6 is 0 Å². The highest BCUT2D eigenvalue weighted by Gasteiger charge is 2.30. The van der Waals surface area contributed by atoms with Crippen molar-refractivity contribution in [2.45, 2.75) is 25.2 Å². The van der Waals surface area contributed by atoms with Gasteiger partial charge < -0.3 is 45.7 Å². The number of carbonyl (C=O) groups excluding carboxylic acids is 2. The summed E-state index contributed by atoms with van der Waals surface area (Å²) in [5, 5.41) is 18.8. The van der Waals surface area contributed by atoms with E-state index in [1.165, 1.54) is 13.2 Å². The smallest absolute Gasteiger partial charge is 0.406 e. The van der Waals surface area contributed by atoms with Gasteiger partial charge in [-0.25, -0.2) is 0 Å². The van der Waals surface area contributed by atoms with Gasteiger partial charge in [-0.15, -0.1) is 0 Å². The maximum absolute atomic E-state index is 13.3. The molecule has 14 heteroatoms. The third-order valence-electron chi connectivity index (χ3n) is 7.92. The Labute approximate surface area is 281 Å². The van der Waals surface area contributed by atoms with Crippen molar-refractivity contribution in [3.63, 3.8) is 0 Å². The topological polar surface area (TPSA) is 143 Å². The lowest BCUT2D eigenvalue weighted by Gasteiger charge is -2.28. The lowest BCUT2D eigenvalue weighted by atomic mass is 10.0. The van der Waals surface area contributed by atoms with Crippen molar-refractivity contribution in [2.24, 2.45) is 0 Å². The maximum atomic E-state index is 13.3. The number of anilines is 3. The van der Waals surface area contributed by atoms with Gasteiger partial charge in [-0.1, -0.05) is 18.1 Å². The summed E-state index contributed by atoms with van der Waals surface area (Å²) in [6.07, 6.45) is -3.97. The Morgan fingerprint density at radius 2 is 1.98 bits per heavy atom. The van der Waals surface area contributed by atoms with Crippen LogP contribution in [0.2, 0.25) is 0 Å². The minimum Gasteiger partial charge on any atom is -0.495 e. The number of ether oxygens (including phenoxy) is 2. The number of aliphatic hydroxyl groups excluding tert-OH is 1. The van der Waals surface area contributed by atoms with Crippen LogP contribution in [0.1, 0.15) is 21.6 Å². The van der Waals surface area contributed by atoms with Gasteiger partial charge in [0.2, 0.25) is 5.91 Å². The fourth-order valence-electron chi connectivity index (χ4n) is 5.62. The van der Waals surface area contributed by atoms with E-state index in [1.807, 2.05) is 23.1 Å². The second kappa shape index (κ2) is 15.1. The third-order valence-corrected chi connectivity index (χ3v) is 7.92. The van der Waals surface area contributed by atoms with Crippen molar-refractivity contribution in [3.05, 3.63) is 77.5 Å². The molecule has 5 rings (SSSR count). The zero-order chi connectivity index (χ0) is 35.1. The number of likely N-dealkylation sites (N-methyl/N-ethyl adjacent to an activating group) is 1. The molecule has 1 atom stereocenters. The molecule has 1 aromatic heterocycles. The molecule has 0 saturated carbocycles. The molecule has 4 aromatic rings. The second-order valence-electron chi connectivity index (χ2n) is 11.5. The molecule has 2 heterocycles. The number of benzene rings is 3. The van der Waals surface area contributed by atoms with Crippen LogP contribution < -0.4 is 36.1 Å². The molecule has 6 N–H and O–H groups in total. The Kier molecular flexibility index (Phi) is 10.7. The van der Waals surface area contributed by atoms with Gasteiger partial charge in [0.05, 0.1) is 56.3 Å². The summed E-state index contributed by atoms with van der Waals surface area (Å²) in [7, 11) is 3.28. The van der Waals surface area contributed by atoms with Gasteiger partial charge >= 0.3 is 6.18 Å². The Bertz CT molecular complexity index is 1900. The molecule has 11 nitrogen and oxygen atoms in total. The summed E-state index contributed by atoms with van der Waals surface area (Å²) in [5.74, 6) is 6.15. The van der Waals surface area contributed by atoms with Crippen LogP contribution in [0.5, 0.6) is 11.5 Å². The molecule has 1 aliphatic rings. The van der Waals surface area contributed by atoms with Crippen molar-refractivity contribution < 1.29 is 37.3 Å². The summed E-state index contributed by atoms with van der Waals surface area (Å²) >= 11 is 0. The number of aromatic nitrogens is 1. The number of aliphatic hydroxyl groups is 1. The molecule has 49 heavy (non-hydrogen) atoms. The number of amides is 2. The molecule has 0 fully saturated rings. The van der Waals surface area contributed by atoms with Gasteiger partial charge in [0.25, 0.3) is 5.91 Å². The van der Waals surface area contributed by atoms with Crippen molar-refractivity contribution in [2.75, 3.05) is 63.0 Å². The van der Waals surface area contributed by atoms with Crippen molar-refractivity contribution in [1.29, 1.82) is 0 Å². The molecule has 2 amide bonds. The van der Waals surface area contributed by atoms with E-state index in [9.17, 15) is 27.9 Å². The minimum absolute atomic E-state index is 0.0552. The van der Waals surface area contributed by atoms with E-state index < -0.39 is 12.7 Å². The van der Waals surface area contributed by atoms with Crippen molar-refractivity contribution in [3.8, 4) is 23.3 Å². The lowest BCUT2D eigenvalue weighted by molar-refractivity contribution is -0.140. The Morgan fingerprint density at radius 1 is 1.16 bits per heavy atom. The highest BCUT2D eigenvalue weighted by molar-refractivity contribution is 5.95. The van der Waals surface area contributed by atoms with Crippen LogP contribution in [0, 0.1) is 11.8 Å². The normalized spacial score (nSPS) is 14.5. The molecule has 0 saturated heterocycles. The first kappa shape index (κ1) is 34.8. The van der Waals surface area contributed by atoms with E-state index in [-0.39, 0.29) is 56.4 Å². The summed E-state index contributed by atoms with van der Waals surface area (Å²) < 4.78 is 52.4. The van der Waals surface area contributed by atoms with Crippen molar-refractivity contribution >= 4 is 39.8 Å². The molecule has 1 aliphatic heterocycles. The SMILES string of the molecule is COc1ccc(C(=O)NCCOc2ccc3c(c2)N(C)CC(=O)NC(CO)C3)cc1NCC#Cc1cc2c(N)cccc2n1CC(F)(F)F. The predicted molar refractivity (Wildman–Crippen MR) is 181 cm³/mol. The van der Waals surface area contributed by atoms with Crippen molar-refractivity contribution in [1.82, 2.24) is 15.2 Å². The van der Waals surface area contributed by atoms with Gasteiger partial charge in [0.15, 0.2) is 0 Å². The molecule has 258 valence electrons. The van der Waals surface area contributed by atoms with Crippen LogP contribution in [0.4, 0.5) is 30.2 Å².